The fraction of sp³-hybridized carbons (Fsp3) is 0.312. The Hall–Kier alpha value is -1.83. The number of Topliss-reactive ketones (excluding diaryl/α,β-unsaturated/α-hetero) is 1. The number of carbonyl (C=O) groups excluding carboxylic acids is 1. The normalized spacial score (nSPS) is 10.6. The summed E-state index contributed by atoms with van der Waals surface area (Å²) < 4.78 is 5.33. The van der Waals surface area contributed by atoms with Crippen LogP contribution in [-0.2, 0) is 0 Å². The second-order valence-corrected chi connectivity index (χ2v) is 4.39. The van der Waals surface area contributed by atoms with Crippen LogP contribution in [0.3, 0.4) is 0 Å². The molecule has 0 aliphatic heterocycles. The molecule has 0 saturated carbocycles. The van der Waals surface area contributed by atoms with E-state index in [0.29, 0.717) is 12.2 Å². The zero-order valence-electron chi connectivity index (χ0n) is 10.9. The average molecular weight is 242 g/mol. The van der Waals surface area contributed by atoms with Gasteiger partial charge in [-0.2, -0.15) is 0 Å². The lowest BCUT2D eigenvalue weighted by Crippen LogP contribution is -2.03. The molecule has 0 heterocycles. The summed E-state index contributed by atoms with van der Waals surface area (Å²) in [6, 6.07) is 11.8. The third kappa shape index (κ3) is 2.37. The Morgan fingerprint density at radius 1 is 1.17 bits per heavy atom. The van der Waals surface area contributed by atoms with Gasteiger partial charge in [0.25, 0.3) is 0 Å². The monoisotopic (exact) mass is 242 g/mol. The maximum Gasteiger partial charge on any atom is 0.167 e. The Labute approximate surface area is 108 Å². The Morgan fingerprint density at radius 2 is 1.94 bits per heavy atom. The molecular weight excluding hydrogens is 224 g/mol. The molecular formula is C16H18O2. The number of benzene rings is 2. The number of unbranched alkanes of at least 4 members (excludes halogenated alkanes) is 1. The van der Waals surface area contributed by atoms with Crippen molar-refractivity contribution in [3.05, 3.63) is 42.0 Å². The molecule has 0 atom stereocenters. The molecule has 0 bridgehead atoms. The molecule has 0 amide bonds. The Balaban J connectivity index is 2.54. The minimum atomic E-state index is 0.172. The van der Waals surface area contributed by atoms with E-state index in [1.54, 1.807) is 7.11 Å². The van der Waals surface area contributed by atoms with Crippen molar-refractivity contribution in [2.24, 2.45) is 0 Å². The molecule has 2 heteroatoms. The third-order valence-corrected chi connectivity index (χ3v) is 3.15. The lowest BCUT2D eigenvalue weighted by molar-refractivity contribution is 0.0978. The molecule has 0 fully saturated rings. The molecule has 2 rings (SSSR count). The molecule has 0 aliphatic rings. The molecule has 94 valence electrons. The predicted octanol–water partition coefficient (Wildman–Crippen LogP) is 4.22. The molecule has 0 N–H and O–H groups in total. The zero-order valence-corrected chi connectivity index (χ0v) is 10.9. The highest BCUT2D eigenvalue weighted by atomic mass is 16.5. The summed E-state index contributed by atoms with van der Waals surface area (Å²) in [4.78, 5) is 12.3. The lowest BCUT2D eigenvalue weighted by atomic mass is 9.97. The van der Waals surface area contributed by atoms with E-state index in [0.717, 1.165) is 29.2 Å². The molecule has 2 aromatic carbocycles. The fourth-order valence-corrected chi connectivity index (χ4v) is 2.17. The largest absolute Gasteiger partial charge is 0.496 e. The van der Waals surface area contributed by atoms with E-state index in [1.807, 2.05) is 36.4 Å². The van der Waals surface area contributed by atoms with Gasteiger partial charge in [0.1, 0.15) is 5.75 Å². The van der Waals surface area contributed by atoms with Crippen molar-refractivity contribution in [2.45, 2.75) is 26.2 Å². The minimum Gasteiger partial charge on any atom is -0.496 e. The highest BCUT2D eigenvalue weighted by Crippen LogP contribution is 2.29. The molecule has 2 nitrogen and oxygen atoms in total. The number of fused-ring (bicyclic) bond motifs is 1. The van der Waals surface area contributed by atoms with Gasteiger partial charge < -0.3 is 4.74 Å². The van der Waals surface area contributed by atoms with Gasteiger partial charge in [-0.15, -0.1) is 0 Å². The number of carbonyl (C=O) groups is 1. The van der Waals surface area contributed by atoms with Crippen molar-refractivity contribution in [1.82, 2.24) is 0 Å². The summed E-state index contributed by atoms with van der Waals surface area (Å²) in [6.45, 7) is 2.09. The van der Waals surface area contributed by atoms with Crippen LogP contribution in [0.25, 0.3) is 10.8 Å². The highest BCUT2D eigenvalue weighted by molar-refractivity contribution is 6.10. The van der Waals surface area contributed by atoms with Crippen LogP contribution in [0.5, 0.6) is 5.75 Å². The minimum absolute atomic E-state index is 0.172. The van der Waals surface area contributed by atoms with Crippen molar-refractivity contribution < 1.29 is 9.53 Å². The van der Waals surface area contributed by atoms with Crippen LogP contribution in [-0.4, -0.2) is 12.9 Å². The van der Waals surface area contributed by atoms with Crippen molar-refractivity contribution in [3.63, 3.8) is 0 Å². The Kier molecular flexibility index (Phi) is 3.98. The summed E-state index contributed by atoms with van der Waals surface area (Å²) in [5.74, 6) is 0.848. The van der Waals surface area contributed by atoms with Gasteiger partial charge in [-0.1, -0.05) is 43.7 Å². The second-order valence-electron chi connectivity index (χ2n) is 4.39. The Morgan fingerprint density at radius 3 is 2.67 bits per heavy atom. The van der Waals surface area contributed by atoms with Crippen LogP contribution in [0, 0.1) is 0 Å². The zero-order chi connectivity index (χ0) is 13.0. The fourth-order valence-electron chi connectivity index (χ4n) is 2.17. The molecule has 0 saturated heterocycles. The first-order chi connectivity index (χ1) is 8.77. The van der Waals surface area contributed by atoms with Crippen LogP contribution >= 0.6 is 0 Å². The average Bonchev–Trinajstić information content (AvgIpc) is 2.43. The predicted molar refractivity (Wildman–Crippen MR) is 74.4 cm³/mol. The van der Waals surface area contributed by atoms with Gasteiger partial charge in [0, 0.05) is 6.42 Å². The van der Waals surface area contributed by atoms with Crippen LogP contribution in [0.4, 0.5) is 0 Å². The van der Waals surface area contributed by atoms with Crippen molar-refractivity contribution in [2.75, 3.05) is 7.11 Å². The van der Waals surface area contributed by atoms with Crippen molar-refractivity contribution in [1.29, 1.82) is 0 Å². The molecule has 0 aliphatic carbocycles. The molecule has 0 spiro atoms. The summed E-state index contributed by atoms with van der Waals surface area (Å²) >= 11 is 0. The molecule has 0 radical (unpaired) electrons. The van der Waals surface area contributed by atoms with E-state index in [1.165, 1.54) is 0 Å². The van der Waals surface area contributed by atoms with E-state index in [-0.39, 0.29) is 5.78 Å². The van der Waals surface area contributed by atoms with Crippen LogP contribution < -0.4 is 4.74 Å². The summed E-state index contributed by atoms with van der Waals surface area (Å²) in [7, 11) is 1.61. The molecule has 0 unspecified atom stereocenters. The Bertz CT molecular complexity index is 558. The van der Waals surface area contributed by atoms with Gasteiger partial charge in [-0.3, -0.25) is 4.79 Å². The van der Waals surface area contributed by atoms with E-state index >= 15 is 0 Å². The van der Waals surface area contributed by atoms with E-state index in [2.05, 4.69) is 6.92 Å². The van der Waals surface area contributed by atoms with Crippen molar-refractivity contribution >= 4 is 16.6 Å². The van der Waals surface area contributed by atoms with E-state index < -0.39 is 0 Å². The van der Waals surface area contributed by atoms with Gasteiger partial charge in [0.2, 0.25) is 0 Å². The molecule has 18 heavy (non-hydrogen) atoms. The highest BCUT2D eigenvalue weighted by Gasteiger charge is 2.15. The first-order valence-electron chi connectivity index (χ1n) is 6.37. The van der Waals surface area contributed by atoms with Crippen LogP contribution in [0.15, 0.2) is 36.4 Å². The molecule has 0 aromatic heterocycles. The summed E-state index contributed by atoms with van der Waals surface area (Å²) in [6.07, 6.45) is 2.53. The first-order valence-corrected chi connectivity index (χ1v) is 6.37. The smallest absolute Gasteiger partial charge is 0.167 e. The maximum atomic E-state index is 12.3. The number of ether oxygens (including phenoxy) is 1. The number of ketones is 1. The standard InChI is InChI=1S/C16H18O2/c1-3-4-9-14(17)16-13-8-6-5-7-12(13)10-11-15(16)18-2/h5-8,10-11H,3-4,9H2,1-2H3. The van der Waals surface area contributed by atoms with Gasteiger partial charge >= 0.3 is 0 Å². The number of methoxy groups -OCH3 is 1. The lowest BCUT2D eigenvalue weighted by Gasteiger charge is -2.11. The number of rotatable bonds is 5. The second kappa shape index (κ2) is 5.67. The van der Waals surface area contributed by atoms with E-state index in [9.17, 15) is 4.79 Å². The first kappa shape index (κ1) is 12.6. The van der Waals surface area contributed by atoms with Crippen LogP contribution in [0.2, 0.25) is 0 Å². The van der Waals surface area contributed by atoms with E-state index in [4.69, 9.17) is 4.74 Å². The van der Waals surface area contributed by atoms with Crippen molar-refractivity contribution in [3.8, 4) is 5.75 Å². The van der Waals surface area contributed by atoms with Gasteiger partial charge in [0.05, 0.1) is 12.7 Å². The maximum absolute atomic E-state index is 12.3. The van der Waals surface area contributed by atoms with Gasteiger partial charge in [-0.05, 0) is 23.3 Å². The third-order valence-electron chi connectivity index (χ3n) is 3.15. The summed E-state index contributed by atoms with van der Waals surface area (Å²) in [5.41, 5.74) is 0.726. The SMILES string of the molecule is CCCCC(=O)c1c(OC)ccc2ccccc12. The number of hydrogen-bond acceptors (Lipinski definition) is 2. The topological polar surface area (TPSA) is 26.3 Å². The van der Waals surface area contributed by atoms with Gasteiger partial charge in [0.15, 0.2) is 5.78 Å². The van der Waals surface area contributed by atoms with Gasteiger partial charge in [-0.25, -0.2) is 0 Å². The number of hydrogen-bond donors (Lipinski definition) is 0. The quantitative estimate of drug-likeness (QED) is 0.734. The van der Waals surface area contributed by atoms with Crippen LogP contribution in [0.1, 0.15) is 36.5 Å². The summed E-state index contributed by atoms with van der Waals surface area (Å²) in [5, 5.41) is 2.07. The molecule has 2 aromatic rings.